The first-order valence-corrected chi connectivity index (χ1v) is 6.88. The van der Waals surface area contributed by atoms with Crippen LogP contribution < -0.4 is 14.8 Å². The standard InChI is InChI=1S/C14H14ClNO7/c1-20-11(17)5-9(14(19)21-2)16-13(18)7-3-8(15)12-10(4-7)22-6-23-12/h3-4,9H,5-6H2,1-2H3,(H,16,18)/t9-/m1/s1. The number of esters is 2. The summed E-state index contributed by atoms with van der Waals surface area (Å²) in [5, 5.41) is 2.60. The highest BCUT2D eigenvalue weighted by molar-refractivity contribution is 6.32. The van der Waals surface area contributed by atoms with Gasteiger partial charge in [0.15, 0.2) is 11.5 Å². The monoisotopic (exact) mass is 343 g/mol. The summed E-state index contributed by atoms with van der Waals surface area (Å²) in [5.41, 5.74) is 0.151. The summed E-state index contributed by atoms with van der Waals surface area (Å²) in [6, 6.07) is 1.62. The largest absolute Gasteiger partial charge is 0.469 e. The quantitative estimate of drug-likeness (QED) is 0.793. The Bertz CT molecular complexity index is 646. The minimum Gasteiger partial charge on any atom is -0.469 e. The average molecular weight is 344 g/mol. The van der Waals surface area contributed by atoms with Crippen molar-refractivity contribution in [3.05, 3.63) is 22.7 Å². The zero-order chi connectivity index (χ0) is 17.0. The van der Waals surface area contributed by atoms with E-state index in [2.05, 4.69) is 14.8 Å². The van der Waals surface area contributed by atoms with Gasteiger partial charge >= 0.3 is 11.9 Å². The molecule has 0 bridgehead atoms. The highest BCUT2D eigenvalue weighted by Crippen LogP contribution is 2.39. The van der Waals surface area contributed by atoms with E-state index in [-0.39, 0.29) is 23.8 Å². The summed E-state index contributed by atoms with van der Waals surface area (Å²) < 4.78 is 19.4. The molecule has 0 saturated carbocycles. The minimum absolute atomic E-state index is 0.00719. The molecule has 1 aliphatic heterocycles. The minimum atomic E-state index is -1.18. The van der Waals surface area contributed by atoms with Crippen molar-refractivity contribution >= 4 is 29.4 Å². The van der Waals surface area contributed by atoms with Crippen LogP contribution in [-0.4, -0.2) is 44.9 Å². The molecule has 8 nitrogen and oxygen atoms in total. The number of benzene rings is 1. The second-order valence-electron chi connectivity index (χ2n) is 4.52. The predicted octanol–water partition coefficient (Wildman–Crippen LogP) is 0.903. The molecule has 1 N–H and O–H groups in total. The molecule has 0 aliphatic carbocycles. The van der Waals surface area contributed by atoms with Crippen LogP contribution in [0.3, 0.4) is 0 Å². The molecule has 0 unspecified atom stereocenters. The molecule has 0 spiro atoms. The van der Waals surface area contributed by atoms with E-state index in [1.54, 1.807) is 0 Å². The van der Waals surface area contributed by atoms with Crippen molar-refractivity contribution in [2.24, 2.45) is 0 Å². The van der Waals surface area contributed by atoms with Crippen molar-refractivity contribution in [2.45, 2.75) is 12.5 Å². The third kappa shape index (κ3) is 3.84. The molecule has 0 fully saturated rings. The molecule has 0 saturated heterocycles. The van der Waals surface area contributed by atoms with Gasteiger partial charge in [-0.3, -0.25) is 9.59 Å². The maximum absolute atomic E-state index is 12.3. The fraction of sp³-hybridized carbons (Fsp3) is 0.357. The lowest BCUT2D eigenvalue weighted by molar-refractivity contribution is -0.149. The fourth-order valence-corrected chi connectivity index (χ4v) is 2.19. The topological polar surface area (TPSA) is 100 Å². The second kappa shape index (κ2) is 7.19. The lowest BCUT2D eigenvalue weighted by Crippen LogP contribution is -2.43. The number of carbonyl (C=O) groups excluding carboxylic acids is 3. The first-order valence-electron chi connectivity index (χ1n) is 6.51. The van der Waals surface area contributed by atoms with E-state index in [4.69, 9.17) is 21.1 Å². The van der Waals surface area contributed by atoms with Crippen LogP contribution in [0.4, 0.5) is 0 Å². The van der Waals surface area contributed by atoms with Crippen LogP contribution in [-0.2, 0) is 19.1 Å². The fourth-order valence-electron chi connectivity index (χ4n) is 1.93. The Kier molecular flexibility index (Phi) is 5.28. The van der Waals surface area contributed by atoms with Gasteiger partial charge in [-0.25, -0.2) is 4.79 Å². The van der Waals surface area contributed by atoms with E-state index in [1.165, 1.54) is 19.2 Å². The number of amides is 1. The van der Waals surface area contributed by atoms with E-state index >= 15 is 0 Å². The van der Waals surface area contributed by atoms with Crippen molar-refractivity contribution in [3.8, 4) is 11.5 Å². The van der Waals surface area contributed by atoms with Crippen molar-refractivity contribution in [1.29, 1.82) is 0 Å². The molecule has 0 radical (unpaired) electrons. The van der Waals surface area contributed by atoms with Gasteiger partial charge < -0.3 is 24.3 Å². The lowest BCUT2D eigenvalue weighted by Gasteiger charge is -2.15. The average Bonchev–Trinajstić information content (AvgIpc) is 3.02. The molecular weight excluding hydrogens is 330 g/mol. The smallest absolute Gasteiger partial charge is 0.328 e. The molecule has 0 aromatic heterocycles. The van der Waals surface area contributed by atoms with E-state index in [0.717, 1.165) is 7.11 Å². The van der Waals surface area contributed by atoms with Gasteiger partial charge in [0.25, 0.3) is 5.91 Å². The molecule has 1 aromatic carbocycles. The van der Waals surface area contributed by atoms with E-state index in [0.29, 0.717) is 11.5 Å². The summed E-state index contributed by atoms with van der Waals surface area (Å²) >= 11 is 6.00. The van der Waals surface area contributed by atoms with Crippen molar-refractivity contribution < 1.29 is 33.3 Å². The van der Waals surface area contributed by atoms with Gasteiger partial charge in [0.1, 0.15) is 6.04 Å². The number of methoxy groups -OCH3 is 2. The number of rotatable bonds is 5. The Hall–Kier alpha value is -2.48. The van der Waals surface area contributed by atoms with E-state index in [1.807, 2.05) is 0 Å². The Labute approximate surface area is 136 Å². The molecular formula is C14H14ClNO7. The molecule has 1 amide bonds. The van der Waals surface area contributed by atoms with Gasteiger partial charge in [-0.1, -0.05) is 11.6 Å². The van der Waals surface area contributed by atoms with Gasteiger partial charge in [0, 0.05) is 5.56 Å². The third-order valence-electron chi connectivity index (χ3n) is 3.08. The Morgan fingerprint density at radius 1 is 1.26 bits per heavy atom. The Balaban J connectivity index is 2.17. The van der Waals surface area contributed by atoms with Gasteiger partial charge in [-0.2, -0.15) is 0 Å². The summed E-state index contributed by atoms with van der Waals surface area (Å²) in [5.74, 6) is -1.38. The molecule has 23 heavy (non-hydrogen) atoms. The zero-order valence-corrected chi connectivity index (χ0v) is 13.1. The molecule has 1 aromatic rings. The first-order chi connectivity index (χ1) is 11.0. The second-order valence-corrected chi connectivity index (χ2v) is 4.93. The van der Waals surface area contributed by atoms with Crippen LogP contribution in [0, 0.1) is 0 Å². The summed E-state index contributed by atoms with van der Waals surface area (Å²) in [6.07, 6.45) is -0.354. The molecule has 1 aliphatic rings. The Morgan fingerprint density at radius 3 is 2.65 bits per heavy atom. The van der Waals surface area contributed by atoms with Crippen molar-refractivity contribution in [2.75, 3.05) is 21.0 Å². The third-order valence-corrected chi connectivity index (χ3v) is 3.36. The van der Waals surface area contributed by atoms with Crippen molar-refractivity contribution in [1.82, 2.24) is 5.32 Å². The van der Waals surface area contributed by atoms with Gasteiger partial charge in [0.2, 0.25) is 6.79 Å². The maximum Gasteiger partial charge on any atom is 0.328 e. The van der Waals surface area contributed by atoms with Gasteiger partial charge in [0.05, 0.1) is 25.7 Å². The van der Waals surface area contributed by atoms with Gasteiger partial charge in [-0.05, 0) is 12.1 Å². The van der Waals surface area contributed by atoms with Crippen LogP contribution in [0.15, 0.2) is 12.1 Å². The number of carbonyl (C=O) groups is 3. The SMILES string of the molecule is COC(=O)C[C@@H](NC(=O)c1cc(Cl)c2c(c1)OCO2)C(=O)OC. The van der Waals surface area contributed by atoms with Gasteiger partial charge in [-0.15, -0.1) is 0 Å². The summed E-state index contributed by atoms with van der Waals surface area (Å²) in [6.45, 7) is 0.00719. The zero-order valence-electron chi connectivity index (χ0n) is 12.4. The van der Waals surface area contributed by atoms with Crippen LogP contribution in [0.25, 0.3) is 0 Å². The predicted molar refractivity (Wildman–Crippen MR) is 77.5 cm³/mol. The number of fused-ring (bicyclic) bond motifs is 1. The molecule has 9 heteroatoms. The number of halogens is 1. The lowest BCUT2D eigenvalue weighted by atomic mass is 10.1. The first kappa shape index (κ1) is 16.9. The van der Waals surface area contributed by atoms with Crippen LogP contribution in [0.2, 0.25) is 5.02 Å². The number of hydrogen-bond acceptors (Lipinski definition) is 7. The molecule has 1 heterocycles. The summed E-state index contributed by atoms with van der Waals surface area (Å²) in [4.78, 5) is 35.3. The van der Waals surface area contributed by atoms with Crippen molar-refractivity contribution in [3.63, 3.8) is 0 Å². The number of nitrogens with one attached hydrogen (secondary N) is 1. The molecule has 2 rings (SSSR count). The van der Waals surface area contributed by atoms with Crippen LogP contribution in [0.1, 0.15) is 16.8 Å². The maximum atomic E-state index is 12.3. The number of ether oxygens (including phenoxy) is 4. The van der Waals surface area contributed by atoms with E-state index < -0.39 is 23.9 Å². The van der Waals surface area contributed by atoms with Crippen LogP contribution >= 0.6 is 11.6 Å². The Morgan fingerprint density at radius 2 is 2.00 bits per heavy atom. The van der Waals surface area contributed by atoms with Crippen LogP contribution in [0.5, 0.6) is 11.5 Å². The highest BCUT2D eigenvalue weighted by atomic mass is 35.5. The molecule has 1 atom stereocenters. The normalized spacial score (nSPS) is 13.2. The highest BCUT2D eigenvalue weighted by Gasteiger charge is 2.27. The summed E-state index contributed by atoms with van der Waals surface area (Å²) in [7, 11) is 2.33. The number of hydrogen-bond donors (Lipinski definition) is 1. The molecule has 124 valence electrons. The van der Waals surface area contributed by atoms with E-state index in [9.17, 15) is 14.4 Å².